The number of aliphatic hydroxyl groups is 1. The van der Waals surface area contributed by atoms with Crippen LogP contribution in [0.4, 0.5) is 0 Å². The molecular weight excluding hydrogens is 316 g/mol. The summed E-state index contributed by atoms with van der Waals surface area (Å²) in [6.07, 6.45) is 1.85. The van der Waals surface area contributed by atoms with Gasteiger partial charge in [0.25, 0.3) is 5.91 Å². The number of hydrogen-bond acceptors (Lipinski definition) is 3. The number of aromatic nitrogens is 1. The van der Waals surface area contributed by atoms with Crippen molar-refractivity contribution >= 4 is 11.7 Å². The minimum Gasteiger partial charge on any atom is -0.396 e. The third-order valence-electron chi connectivity index (χ3n) is 4.38. The van der Waals surface area contributed by atoms with E-state index in [0.717, 1.165) is 16.8 Å². The van der Waals surface area contributed by atoms with Gasteiger partial charge in [0.2, 0.25) is 0 Å². The first kappa shape index (κ1) is 18.9. The van der Waals surface area contributed by atoms with Crippen LogP contribution in [0.2, 0.25) is 0 Å². The number of ketones is 1. The summed E-state index contributed by atoms with van der Waals surface area (Å²) in [7, 11) is 0. The quantitative estimate of drug-likeness (QED) is 0.644. The fourth-order valence-corrected chi connectivity index (χ4v) is 3.23. The molecule has 2 aromatic rings. The Hall–Kier alpha value is -2.40. The zero-order chi connectivity index (χ0) is 18.4. The summed E-state index contributed by atoms with van der Waals surface area (Å²) in [6, 6.07) is 9.52. The maximum Gasteiger partial charge on any atom is 0.268 e. The minimum atomic E-state index is -0.223. The maximum absolute atomic E-state index is 12.8. The van der Waals surface area contributed by atoms with Gasteiger partial charge in [-0.15, -0.1) is 0 Å². The normalized spacial score (nSPS) is 12.0. The fourth-order valence-electron chi connectivity index (χ4n) is 3.23. The number of rotatable bonds is 8. The Morgan fingerprint density at radius 2 is 1.92 bits per heavy atom. The van der Waals surface area contributed by atoms with Crippen LogP contribution >= 0.6 is 0 Å². The van der Waals surface area contributed by atoms with Crippen LogP contribution in [-0.4, -0.2) is 28.4 Å². The molecule has 25 heavy (non-hydrogen) atoms. The van der Waals surface area contributed by atoms with E-state index in [4.69, 9.17) is 5.11 Å². The average Bonchev–Trinajstić information content (AvgIpc) is 2.95. The number of aryl methyl sites for hydroxylation is 1. The third-order valence-corrected chi connectivity index (χ3v) is 4.38. The highest BCUT2D eigenvalue weighted by atomic mass is 16.3. The molecular formula is C20H26N2O3. The van der Waals surface area contributed by atoms with Gasteiger partial charge in [-0.1, -0.05) is 37.3 Å². The summed E-state index contributed by atoms with van der Waals surface area (Å²) in [4.78, 5) is 27.8. The Balaban J connectivity index is 2.30. The molecule has 1 aromatic carbocycles. The standard InChI is InChI=1S/C20H26N2O3/c1-4-16-18(14(3)24)13(2)21-19(16)20(25)22-17(11-8-12-23)15-9-6-5-7-10-15/h5-7,9-10,17,21,23H,4,8,11-12H2,1-3H3,(H,22,25). The van der Waals surface area contributed by atoms with Crippen molar-refractivity contribution < 1.29 is 14.7 Å². The van der Waals surface area contributed by atoms with Crippen molar-refractivity contribution in [1.82, 2.24) is 10.3 Å². The van der Waals surface area contributed by atoms with Crippen LogP contribution in [0.15, 0.2) is 30.3 Å². The fraction of sp³-hybridized carbons (Fsp3) is 0.400. The lowest BCUT2D eigenvalue weighted by molar-refractivity contribution is 0.0926. The molecule has 1 heterocycles. The summed E-state index contributed by atoms with van der Waals surface area (Å²) in [6.45, 7) is 5.35. The highest BCUT2D eigenvalue weighted by Gasteiger charge is 2.23. The van der Waals surface area contributed by atoms with Crippen molar-refractivity contribution in [1.29, 1.82) is 0 Å². The molecule has 1 unspecified atom stereocenters. The monoisotopic (exact) mass is 342 g/mol. The summed E-state index contributed by atoms with van der Waals surface area (Å²) >= 11 is 0. The molecule has 1 amide bonds. The average molecular weight is 342 g/mol. The zero-order valence-corrected chi connectivity index (χ0v) is 15.1. The van der Waals surface area contributed by atoms with Crippen LogP contribution in [-0.2, 0) is 6.42 Å². The molecule has 0 bridgehead atoms. The lowest BCUT2D eigenvalue weighted by Crippen LogP contribution is -2.29. The number of Topliss-reactive ketones (excluding diaryl/α,β-unsaturated/α-hetero) is 1. The maximum atomic E-state index is 12.8. The minimum absolute atomic E-state index is 0.0375. The van der Waals surface area contributed by atoms with Crippen LogP contribution < -0.4 is 5.32 Å². The number of H-pyrrole nitrogens is 1. The predicted octanol–water partition coefficient (Wildman–Crippen LogP) is 3.33. The van der Waals surface area contributed by atoms with E-state index in [1.54, 1.807) is 0 Å². The molecule has 134 valence electrons. The van der Waals surface area contributed by atoms with E-state index in [9.17, 15) is 9.59 Å². The van der Waals surface area contributed by atoms with Crippen molar-refractivity contribution in [2.75, 3.05) is 6.61 Å². The second kappa shape index (κ2) is 8.62. The molecule has 0 saturated carbocycles. The molecule has 0 aliphatic carbocycles. The highest BCUT2D eigenvalue weighted by molar-refractivity contribution is 6.02. The molecule has 5 nitrogen and oxygen atoms in total. The molecule has 0 aliphatic rings. The number of aromatic amines is 1. The summed E-state index contributed by atoms with van der Waals surface area (Å²) in [5, 5.41) is 12.2. The molecule has 0 fully saturated rings. The summed E-state index contributed by atoms with van der Waals surface area (Å²) in [5.41, 5.74) is 3.55. The van der Waals surface area contributed by atoms with E-state index in [-0.39, 0.29) is 24.3 Å². The molecule has 0 aliphatic heterocycles. The Bertz CT molecular complexity index is 735. The predicted molar refractivity (Wildman–Crippen MR) is 97.9 cm³/mol. The second-order valence-corrected chi connectivity index (χ2v) is 6.19. The number of benzene rings is 1. The lowest BCUT2D eigenvalue weighted by Gasteiger charge is -2.19. The van der Waals surface area contributed by atoms with E-state index in [0.29, 0.717) is 30.5 Å². The van der Waals surface area contributed by atoms with Crippen molar-refractivity contribution in [2.24, 2.45) is 0 Å². The number of amides is 1. The van der Waals surface area contributed by atoms with Crippen molar-refractivity contribution in [3.63, 3.8) is 0 Å². The SMILES string of the molecule is CCc1c(C(=O)NC(CCCO)c2ccccc2)[nH]c(C)c1C(C)=O. The van der Waals surface area contributed by atoms with E-state index in [1.165, 1.54) is 6.92 Å². The molecule has 0 radical (unpaired) electrons. The van der Waals surface area contributed by atoms with Crippen molar-refractivity contribution in [3.05, 3.63) is 58.4 Å². The van der Waals surface area contributed by atoms with Gasteiger partial charge in [-0.05, 0) is 44.2 Å². The highest BCUT2D eigenvalue weighted by Crippen LogP contribution is 2.23. The number of carbonyl (C=O) groups is 2. The van der Waals surface area contributed by atoms with Gasteiger partial charge >= 0.3 is 0 Å². The zero-order valence-electron chi connectivity index (χ0n) is 15.1. The van der Waals surface area contributed by atoms with Crippen LogP contribution in [0, 0.1) is 6.92 Å². The van der Waals surface area contributed by atoms with E-state index in [2.05, 4.69) is 10.3 Å². The van der Waals surface area contributed by atoms with Crippen LogP contribution in [0.25, 0.3) is 0 Å². The van der Waals surface area contributed by atoms with Gasteiger partial charge in [-0.3, -0.25) is 9.59 Å². The number of aliphatic hydroxyl groups excluding tert-OH is 1. The molecule has 1 aromatic heterocycles. The first-order chi connectivity index (χ1) is 12.0. The largest absolute Gasteiger partial charge is 0.396 e. The Labute approximate surface area is 148 Å². The molecule has 3 N–H and O–H groups in total. The van der Waals surface area contributed by atoms with Gasteiger partial charge in [-0.2, -0.15) is 0 Å². The Kier molecular flexibility index (Phi) is 6.53. The third kappa shape index (κ3) is 4.37. The number of carbonyl (C=O) groups excluding carboxylic acids is 2. The van der Waals surface area contributed by atoms with Gasteiger partial charge in [-0.25, -0.2) is 0 Å². The first-order valence-electron chi connectivity index (χ1n) is 8.68. The summed E-state index contributed by atoms with van der Waals surface area (Å²) < 4.78 is 0. The molecule has 5 heteroatoms. The van der Waals surface area contributed by atoms with E-state index >= 15 is 0 Å². The van der Waals surface area contributed by atoms with Crippen LogP contribution in [0.3, 0.4) is 0 Å². The second-order valence-electron chi connectivity index (χ2n) is 6.19. The number of nitrogens with one attached hydrogen (secondary N) is 2. The smallest absolute Gasteiger partial charge is 0.268 e. The van der Waals surface area contributed by atoms with E-state index < -0.39 is 0 Å². The Morgan fingerprint density at radius 1 is 1.24 bits per heavy atom. The molecule has 0 spiro atoms. The molecule has 0 saturated heterocycles. The van der Waals surface area contributed by atoms with Crippen molar-refractivity contribution in [3.8, 4) is 0 Å². The molecule has 2 rings (SSSR count). The van der Waals surface area contributed by atoms with Crippen LogP contribution in [0.1, 0.15) is 70.4 Å². The summed E-state index contributed by atoms with van der Waals surface area (Å²) in [5.74, 6) is -0.260. The first-order valence-corrected chi connectivity index (χ1v) is 8.68. The Morgan fingerprint density at radius 3 is 2.48 bits per heavy atom. The topological polar surface area (TPSA) is 82.2 Å². The number of hydrogen-bond donors (Lipinski definition) is 3. The van der Waals surface area contributed by atoms with E-state index in [1.807, 2.05) is 44.2 Å². The van der Waals surface area contributed by atoms with Gasteiger partial charge in [0.1, 0.15) is 5.69 Å². The lowest BCUT2D eigenvalue weighted by atomic mass is 10.0. The van der Waals surface area contributed by atoms with Gasteiger partial charge in [0.05, 0.1) is 6.04 Å². The van der Waals surface area contributed by atoms with Gasteiger partial charge in [0.15, 0.2) is 5.78 Å². The van der Waals surface area contributed by atoms with Crippen molar-refractivity contribution in [2.45, 2.75) is 46.1 Å². The molecule has 1 atom stereocenters. The van der Waals surface area contributed by atoms with Gasteiger partial charge < -0.3 is 15.4 Å². The van der Waals surface area contributed by atoms with Crippen LogP contribution in [0.5, 0.6) is 0 Å². The van der Waals surface area contributed by atoms with Gasteiger partial charge in [0, 0.05) is 17.9 Å².